The molecule has 0 spiro atoms. The minimum atomic E-state index is -0.619. The van der Waals surface area contributed by atoms with E-state index in [4.69, 9.17) is 0 Å². The first-order valence-corrected chi connectivity index (χ1v) is 7.23. The molecule has 1 amide bonds. The third-order valence-corrected chi connectivity index (χ3v) is 3.92. The van der Waals surface area contributed by atoms with Crippen molar-refractivity contribution < 1.29 is 14.3 Å². The van der Waals surface area contributed by atoms with Gasteiger partial charge in [-0.15, -0.1) is 0 Å². The Morgan fingerprint density at radius 2 is 2.25 bits per heavy atom. The SMILES string of the molecule is CC(C)C(O)CC(=O)NC1CCCc2cc(F)ccc21. The van der Waals surface area contributed by atoms with Crippen molar-refractivity contribution in [2.45, 2.75) is 51.7 Å². The van der Waals surface area contributed by atoms with Crippen LogP contribution in [0.25, 0.3) is 0 Å². The minimum Gasteiger partial charge on any atom is -0.392 e. The van der Waals surface area contributed by atoms with E-state index in [-0.39, 0.29) is 30.1 Å². The molecule has 110 valence electrons. The highest BCUT2D eigenvalue weighted by atomic mass is 19.1. The van der Waals surface area contributed by atoms with E-state index in [2.05, 4.69) is 5.32 Å². The predicted molar refractivity (Wildman–Crippen MR) is 75.7 cm³/mol. The summed E-state index contributed by atoms with van der Waals surface area (Å²) in [5.41, 5.74) is 1.98. The molecule has 0 aromatic heterocycles. The topological polar surface area (TPSA) is 49.3 Å². The van der Waals surface area contributed by atoms with Crippen LogP contribution in [0.15, 0.2) is 18.2 Å². The van der Waals surface area contributed by atoms with Gasteiger partial charge in [0.15, 0.2) is 0 Å². The van der Waals surface area contributed by atoms with Gasteiger partial charge in [-0.3, -0.25) is 4.79 Å². The summed E-state index contributed by atoms with van der Waals surface area (Å²) in [6.07, 6.45) is 2.15. The van der Waals surface area contributed by atoms with E-state index in [9.17, 15) is 14.3 Å². The summed E-state index contributed by atoms with van der Waals surface area (Å²) in [6.45, 7) is 3.77. The van der Waals surface area contributed by atoms with Gasteiger partial charge in [-0.1, -0.05) is 19.9 Å². The van der Waals surface area contributed by atoms with Crippen LogP contribution in [0, 0.1) is 11.7 Å². The van der Waals surface area contributed by atoms with Gasteiger partial charge in [0, 0.05) is 0 Å². The monoisotopic (exact) mass is 279 g/mol. The van der Waals surface area contributed by atoms with Crippen molar-refractivity contribution in [3.8, 4) is 0 Å². The quantitative estimate of drug-likeness (QED) is 0.890. The fourth-order valence-corrected chi connectivity index (χ4v) is 2.61. The lowest BCUT2D eigenvalue weighted by Crippen LogP contribution is -2.34. The molecule has 2 N–H and O–H groups in total. The zero-order chi connectivity index (χ0) is 14.7. The highest BCUT2D eigenvalue weighted by Gasteiger charge is 2.23. The van der Waals surface area contributed by atoms with E-state index < -0.39 is 6.10 Å². The molecule has 0 heterocycles. The average Bonchev–Trinajstić information content (AvgIpc) is 2.38. The predicted octanol–water partition coefficient (Wildman–Crippen LogP) is 2.73. The third kappa shape index (κ3) is 3.57. The summed E-state index contributed by atoms with van der Waals surface area (Å²) < 4.78 is 13.2. The van der Waals surface area contributed by atoms with Crippen molar-refractivity contribution >= 4 is 5.91 Å². The van der Waals surface area contributed by atoms with E-state index in [0.29, 0.717) is 0 Å². The van der Waals surface area contributed by atoms with Gasteiger partial charge >= 0.3 is 0 Å². The zero-order valence-corrected chi connectivity index (χ0v) is 12.0. The fraction of sp³-hybridized carbons (Fsp3) is 0.562. The molecule has 0 saturated carbocycles. The van der Waals surface area contributed by atoms with Gasteiger partial charge in [-0.05, 0) is 48.4 Å². The first-order valence-electron chi connectivity index (χ1n) is 7.23. The normalized spacial score (nSPS) is 19.6. The number of hydrogen-bond donors (Lipinski definition) is 2. The molecule has 4 heteroatoms. The Hall–Kier alpha value is -1.42. The van der Waals surface area contributed by atoms with Crippen LogP contribution < -0.4 is 5.32 Å². The molecular formula is C16H22FNO2. The molecule has 1 aromatic carbocycles. The third-order valence-electron chi connectivity index (χ3n) is 3.92. The van der Waals surface area contributed by atoms with Crippen LogP contribution in [0.1, 0.15) is 50.3 Å². The second-order valence-corrected chi connectivity index (χ2v) is 5.87. The number of hydrogen-bond acceptors (Lipinski definition) is 2. The molecule has 0 saturated heterocycles. The van der Waals surface area contributed by atoms with Gasteiger partial charge in [0.1, 0.15) is 5.82 Å². The lowest BCUT2D eigenvalue weighted by molar-refractivity contribution is -0.124. The van der Waals surface area contributed by atoms with Crippen molar-refractivity contribution in [3.63, 3.8) is 0 Å². The Labute approximate surface area is 119 Å². The van der Waals surface area contributed by atoms with Crippen molar-refractivity contribution in [3.05, 3.63) is 35.1 Å². The van der Waals surface area contributed by atoms with Crippen LogP contribution in [-0.2, 0) is 11.2 Å². The van der Waals surface area contributed by atoms with Crippen LogP contribution in [-0.4, -0.2) is 17.1 Å². The van der Waals surface area contributed by atoms with Gasteiger partial charge in [-0.2, -0.15) is 0 Å². The molecule has 0 radical (unpaired) electrons. The van der Waals surface area contributed by atoms with Crippen molar-refractivity contribution in [1.29, 1.82) is 0 Å². The number of fused-ring (bicyclic) bond motifs is 1. The summed E-state index contributed by atoms with van der Waals surface area (Å²) in [5.74, 6) is -0.312. The number of carbonyl (C=O) groups excluding carboxylic acids is 1. The summed E-state index contributed by atoms with van der Waals surface area (Å²) in [4.78, 5) is 12.0. The second-order valence-electron chi connectivity index (χ2n) is 5.87. The van der Waals surface area contributed by atoms with E-state index in [1.165, 1.54) is 6.07 Å². The van der Waals surface area contributed by atoms with Crippen molar-refractivity contribution in [2.75, 3.05) is 0 Å². The standard InChI is InChI=1S/C16H22FNO2/c1-10(2)15(19)9-16(20)18-14-5-3-4-11-8-12(17)6-7-13(11)14/h6-8,10,14-15,19H,3-5,9H2,1-2H3,(H,18,20). The Morgan fingerprint density at radius 1 is 1.50 bits per heavy atom. The van der Waals surface area contributed by atoms with Gasteiger partial charge in [-0.25, -0.2) is 4.39 Å². The number of aliphatic hydroxyl groups excluding tert-OH is 1. The lowest BCUT2D eigenvalue weighted by atomic mass is 9.87. The summed E-state index contributed by atoms with van der Waals surface area (Å²) in [5, 5.41) is 12.7. The van der Waals surface area contributed by atoms with Gasteiger partial charge < -0.3 is 10.4 Å². The fourth-order valence-electron chi connectivity index (χ4n) is 2.61. The first kappa shape index (κ1) is 15.0. The maximum Gasteiger partial charge on any atom is 0.223 e. The van der Waals surface area contributed by atoms with E-state index in [1.807, 2.05) is 13.8 Å². The van der Waals surface area contributed by atoms with E-state index in [1.54, 1.807) is 12.1 Å². The van der Waals surface area contributed by atoms with Crippen molar-refractivity contribution in [2.24, 2.45) is 5.92 Å². The van der Waals surface area contributed by atoms with Crippen LogP contribution in [0.2, 0.25) is 0 Å². The smallest absolute Gasteiger partial charge is 0.223 e. The highest BCUT2D eigenvalue weighted by molar-refractivity contribution is 5.77. The number of halogens is 1. The Kier molecular flexibility index (Phi) is 4.76. The molecule has 0 bridgehead atoms. The Bertz CT molecular complexity index is 487. The summed E-state index contributed by atoms with van der Waals surface area (Å²) in [6, 6.07) is 4.68. The van der Waals surface area contributed by atoms with E-state index >= 15 is 0 Å². The Morgan fingerprint density at radius 3 is 2.95 bits per heavy atom. The zero-order valence-electron chi connectivity index (χ0n) is 12.0. The van der Waals surface area contributed by atoms with Crippen LogP contribution in [0.3, 0.4) is 0 Å². The molecule has 2 rings (SSSR count). The molecule has 1 aliphatic rings. The molecule has 2 atom stereocenters. The molecule has 0 fully saturated rings. The maximum absolute atomic E-state index is 13.2. The molecule has 1 aliphatic carbocycles. The summed E-state index contributed by atoms with van der Waals surface area (Å²) in [7, 11) is 0. The van der Waals surface area contributed by atoms with E-state index in [0.717, 1.165) is 30.4 Å². The average molecular weight is 279 g/mol. The molecule has 20 heavy (non-hydrogen) atoms. The Balaban J connectivity index is 2.03. The maximum atomic E-state index is 13.2. The first-order chi connectivity index (χ1) is 9.47. The lowest BCUT2D eigenvalue weighted by Gasteiger charge is -2.27. The number of carbonyl (C=O) groups is 1. The largest absolute Gasteiger partial charge is 0.392 e. The van der Waals surface area contributed by atoms with Gasteiger partial charge in [0.25, 0.3) is 0 Å². The van der Waals surface area contributed by atoms with Crippen molar-refractivity contribution in [1.82, 2.24) is 5.32 Å². The second kappa shape index (κ2) is 6.35. The van der Waals surface area contributed by atoms with Gasteiger partial charge in [0.2, 0.25) is 5.91 Å². The minimum absolute atomic E-state index is 0.0634. The van der Waals surface area contributed by atoms with Crippen LogP contribution in [0.5, 0.6) is 0 Å². The molecule has 3 nitrogen and oxygen atoms in total. The molecule has 2 unspecified atom stereocenters. The number of aryl methyl sites for hydroxylation is 1. The summed E-state index contributed by atoms with van der Waals surface area (Å²) >= 11 is 0. The number of amides is 1. The van der Waals surface area contributed by atoms with Crippen LogP contribution >= 0.6 is 0 Å². The molecule has 1 aromatic rings. The number of benzene rings is 1. The number of nitrogens with one attached hydrogen (secondary N) is 1. The van der Waals surface area contributed by atoms with Crippen LogP contribution in [0.4, 0.5) is 4.39 Å². The van der Waals surface area contributed by atoms with Gasteiger partial charge in [0.05, 0.1) is 18.6 Å². The number of rotatable bonds is 4. The molecule has 0 aliphatic heterocycles. The highest BCUT2D eigenvalue weighted by Crippen LogP contribution is 2.30. The molecular weight excluding hydrogens is 257 g/mol. The number of aliphatic hydroxyl groups is 1.